The standard InChI is InChI=1S/C28H36ClFN8O/c1-18(2)36-11-13-38(14-12-36)28-31-21(17-24(33-28)32-25-15-19(3)34-35-25)16-20-7-9-37(10-8-20)27(39)22-5-4-6-23(29)26(22)30/h4-6,15,17-18,20H,7-14,16H2,1-3H3,(H2,31,32,33,34,35). The number of nitrogens with one attached hydrogen (secondary N) is 2. The number of H-pyrrole nitrogens is 1. The largest absolute Gasteiger partial charge is 0.339 e. The number of anilines is 3. The smallest absolute Gasteiger partial charge is 0.256 e. The maximum atomic E-state index is 14.4. The number of halogens is 2. The van der Waals surface area contributed by atoms with Crippen LogP contribution in [0, 0.1) is 18.7 Å². The molecule has 0 spiro atoms. The van der Waals surface area contributed by atoms with Crippen molar-refractivity contribution in [3.63, 3.8) is 0 Å². The van der Waals surface area contributed by atoms with Crippen molar-refractivity contribution >= 4 is 35.1 Å². The van der Waals surface area contributed by atoms with Crippen LogP contribution in [0.1, 0.15) is 48.4 Å². The molecule has 0 saturated carbocycles. The van der Waals surface area contributed by atoms with Crippen molar-refractivity contribution in [2.75, 3.05) is 49.5 Å². The lowest BCUT2D eigenvalue weighted by Crippen LogP contribution is -2.49. The Labute approximate surface area is 233 Å². The van der Waals surface area contributed by atoms with Crippen LogP contribution in [0.5, 0.6) is 0 Å². The summed E-state index contributed by atoms with van der Waals surface area (Å²) in [6.07, 6.45) is 2.42. The average Bonchev–Trinajstić information content (AvgIpc) is 3.34. The van der Waals surface area contributed by atoms with Crippen LogP contribution < -0.4 is 10.2 Å². The zero-order chi connectivity index (χ0) is 27.5. The molecular formula is C28H36ClFN8O. The van der Waals surface area contributed by atoms with Gasteiger partial charge in [-0.05, 0) is 58.1 Å². The van der Waals surface area contributed by atoms with E-state index in [-0.39, 0.29) is 16.5 Å². The van der Waals surface area contributed by atoms with Gasteiger partial charge in [0.2, 0.25) is 5.95 Å². The summed E-state index contributed by atoms with van der Waals surface area (Å²) in [7, 11) is 0. The predicted octanol–water partition coefficient (Wildman–Crippen LogP) is 4.67. The molecule has 2 aliphatic heterocycles. The number of piperidine rings is 1. The first-order chi connectivity index (χ1) is 18.8. The van der Waals surface area contributed by atoms with E-state index in [4.69, 9.17) is 21.6 Å². The summed E-state index contributed by atoms with van der Waals surface area (Å²) < 4.78 is 14.4. The minimum Gasteiger partial charge on any atom is -0.339 e. The number of carbonyl (C=O) groups excluding carboxylic acids is 1. The fraction of sp³-hybridized carbons (Fsp3) is 0.500. The first kappa shape index (κ1) is 27.3. The number of aromatic amines is 1. The van der Waals surface area contributed by atoms with Crippen LogP contribution in [0.15, 0.2) is 30.3 Å². The maximum Gasteiger partial charge on any atom is 0.256 e. The zero-order valence-electron chi connectivity index (χ0n) is 22.8. The van der Waals surface area contributed by atoms with Gasteiger partial charge in [-0.2, -0.15) is 10.1 Å². The maximum absolute atomic E-state index is 14.4. The van der Waals surface area contributed by atoms with Crippen LogP contribution in [-0.2, 0) is 6.42 Å². The van der Waals surface area contributed by atoms with Gasteiger partial charge in [0.05, 0.1) is 10.6 Å². The number of likely N-dealkylation sites (tertiary alicyclic amines) is 1. The van der Waals surface area contributed by atoms with E-state index in [9.17, 15) is 9.18 Å². The van der Waals surface area contributed by atoms with Gasteiger partial charge in [-0.3, -0.25) is 14.8 Å². The van der Waals surface area contributed by atoms with Crippen molar-refractivity contribution in [1.82, 2.24) is 30.0 Å². The number of benzene rings is 1. The SMILES string of the molecule is Cc1cc(Nc2cc(CC3CCN(C(=O)c4cccc(Cl)c4F)CC3)nc(N3CCN(C(C)C)CC3)n2)n[nH]1. The summed E-state index contributed by atoms with van der Waals surface area (Å²) >= 11 is 5.89. The number of aromatic nitrogens is 4. The summed E-state index contributed by atoms with van der Waals surface area (Å²) in [6, 6.07) is 9.02. The molecule has 0 unspecified atom stereocenters. The predicted molar refractivity (Wildman–Crippen MR) is 151 cm³/mol. The third kappa shape index (κ3) is 6.50. The number of carbonyl (C=O) groups is 1. The molecule has 1 amide bonds. The zero-order valence-corrected chi connectivity index (χ0v) is 23.5. The monoisotopic (exact) mass is 554 g/mol. The lowest BCUT2D eigenvalue weighted by atomic mass is 9.91. The molecule has 39 heavy (non-hydrogen) atoms. The second-order valence-electron chi connectivity index (χ2n) is 10.8. The fourth-order valence-electron chi connectivity index (χ4n) is 5.32. The van der Waals surface area contributed by atoms with Gasteiger partial charge in [-0.1, -0.05) is 17.7 Å². The van der Waals surface area contributed by atoms with Crippen LogP contribution in [0.3, 0.4) is 0 Å². The highest BCUT2D eigenvalue weighted by atomic mass is 35.5. The van der Waals surface area contributed by atoms with Gasteiger partial charge in [0.25, 0.3) is 5.91 Å². The Bertz CT molecular complexity index is 1300. The van der Waals surface area contributed by atoms with Crippen LogP contribution >= 0.6 is 11.6 Å². The molecule has 0 bridgehead atoms. The highest BCUT2D eigenvalue weighted by molar-refractivity contribution is 6.31. The van der Waals surface area contributed by atoms with Crippen molar-refractivity contribution in [3.05, 3.63) is 58.1 Å². The number of nitrogens with zero attached hydrogens (tertiary/aromatic N) is 6. The highest BCUT2D eigenvalue weighted by Crippen LogP contribution is 2.27. The van der Waals surface area contributed by atoms with E-state index in [1.807, 2.05) is 19.1 Å². The van der Waals surface area contributed by atoms with Crippen molar-refractivity contribution in [2.24, 2.45) is 5.92 Å². The van der Waals surface area contributed by atoms with Gasteiger partial charge in [-0.25, -0.2) is 9.37 Å². The molecule has 2 aliphatic rings. The quantitative estimate of drug-likeness (QED) is 0.438. The molecule has 3 aromatic rings. The third-order valence-corrected chi connectivity index (χ3v) is 7.93. The number of piperazine rings is 1. The Balaban J connectivity index is 1.28. The molecule has 1 aromatic carbocycles. The van der Waals surface area contributed by atoms with Crippen LogP contribution in [0.25, 0.3) is 0 Å². The number of hydrogen-bond donors (Lipinski definition) is 2. The molecule has 5 rings (SSSR count). The van der Waals surface area contributed by atoms with Crippen molar-refractivity contribution in [1.29, 1.82) is 0 Å². The Kier molecular flexibility index (Phi) is 8.32. The Morgan fingerprint density at radius 2 is 1.85 bits per heavy atom. The summed E-state index contributed by atoms with van der Waals surface area (Å²) in [6.45, 7) is 11.3. The van der Waals surface area contributed by atoms with E-state index in [0.29, 0.717) is 30.9 Å². The molecule has 208 valence electrons. The molecular weight excluding hydrogens is 519 g/mol. The Hall–Kier alpha value is -3.24. The number of hydrogen-bond acceptors (Lipinski definition) is 7. The Morgan fingerprint density at radius 3 is 2.51 bits per heavy atom. The first-order valence-electron chi connectivity index (χ1n) is 13.7. The van der Waals surface area contributed by atoms with E-state index in [1.165, 1.54) is 12.1 Å². The normalized spacial score (nSPS) is 17.2. The minimum absolute atomic E-state index is 0.0308. The van der Waals surface area contributed by atoms with Crippen molar-refractivity contribution in [3.8, 4) is 0 Å². The molecule has 11 heteroatoms. The van der Waals surface area contributed by atoms with Crippen LogP contribution in [0.4, 0.5) is 22.0 Å². The second-order valence-corrected chi connectivity index (χ2v) is 11.2. The average molecular weight is 555 g/mol. The number of rotatable bonds is 7. The van der Waals surface area contributed by atoms with E-state index in [2.05, 4.69) is 39.2 Å². The summed E-state index contributed by atoms with van der Waals surface area (Å²) in [4.78, 5) is 29.2. The second kappa shape index (κ2) is 11.9. The minimum atomic E-state index is -0.652. The van der Waals surface area contributed by atoms with Gasteiger partial charge < -0.3 is 15.1 Å². The molecule has 2 fully saturated rings. The number of amides is 1. The van der Waals surface area contributed by atoms with E-state index >= 15 is 0 Å². The number of aryl methyl sites for hydroxylation is 1. The van der Waals surface area contributed by atoms with E-state index in [1.54, 1.807) is 11.0 Å². The van der Waals surface area contributed by atoms with Gasteiger partial charge in [-0.15, -0.1) is 0 Å². The summed E-state index contributed by atoms with van der Waals surface area (Å²) in [5.74, 6) is 1.57. The van der Waals surface area contributed by atoms with Crippen molar-refractivity contribution in [2.45, 2.75) is 46.1 Å². The van der Waals surface area contributed by atoms with E-state index in [0.717, 1.165) is 68.6 Å². The Morgan fingerprint density at radius 1 is 1.10 bits per heavy atom. The molecule has 2 saturated heterocycles. The molecule has 2 aromatic heterocycles. The van der Waals surface area contributed by atoms with Gasteiger partial charge in [0.15, 0.2) is 11.6 Å². The molecule has 9 nitrogen and oxygen atoms in total. The lowest BCUT2D eigenvalue weighted by molar-refractivity contribution is 0.0685. The third-order valence-electron chi connectivity index (χ3n) is 7.64. The topological polar surface area (TPSA) is 93.3 Å². The molecule has 2 N–H and O–H groups in total. The molecule has 0 atom stereocenters. The highest BCUT2D eigenvalue weighted by Gasteiger charge is 2.27. The molecule has 0 radical (unpaired) electrons. The summed E-state index contributed by atoms with van der Waals surface area (Å²) in [5, 5.41) is 10.6. The lowest BCUT2D eigenvalue weighted by Gasteiger charge is -2.37. The van der Waals surface area contributed by atoms with Crippen molar-refractivity contribution < 1.29 is 9.18 Å². The van der Waals surface area contributed by atoms with Crippen LogP contribution in [-0.4, -0.2) is 81.2 Å². The van der Waals surface area contributed by atoms with Gasteiger partial charge in [0.1, 0.15) is 5.82 Å². The van der Waals surface area contributed by atoms with Gasteiger partial charge in [0, 0.05) is 68.8 Å². The van der Waals surface area contributed by atoms with E-state index < -0.39 is 5.82 Å². The molecule has 4 heterocycles. The fourth-order valence-corrected chi connectivity index (χ4v) is 5.49. The van der Waals surface area contributed by atoms with Crippen LogP contribution in [0.2, 0.25) is 5.02 Å². The first-order valence-corrected chi connectivity index (χ1v) is 14.0. The molecule has 0 aliphatic carbocycles. The summed E-state index contributed by atoms with van der Waals surface area (Å²) in [5.41, 5.74) is 1.96. The van der Waals surface area contributed by atoms with Gasteiger partial charge >= 0.3 is 0 Å².